The van der Waals surface area contributed by atoms with Crippen molar-refractivity contribution < 1.29 is 23.0 Å². The van der Waals surface area contributed by atoms with E-state index in [4.69, 9.17) is 0 Å². The number of alkyl halides is 3. The summed E-state index contributed by atoms with van der Waals surface area (Å²) in [6.45, 7) is 1.79. The summed E-state index contributed by atoms with van der Waals surface area (Å²) in [5.41, 5.74) is 1.99. The zero-order valence-electron chi connectivity index (χ0n) is 10.0. The highest BCUT2D eigenvalue weighted by Gasteiger charge is 2.31. The minimum atomic E-state index is -4.71. The van der Waals surface area contributed by atoms with Crippen molar-refractivity contribution in [3.8, 4) is 22.6 Å². The second-order valence-corrected chi connectivity index (χ2v) is 4.13. The standard InChI is InChI=1S/C14H11F3O2/c1-9-5-11(7-12(18)6-9)10-3-2-4-13(8-10)19-14(15,16)17/h2-8,18H,1H3. The molecule has 0 atom stereocenters. The number of hydrogen-bond acceptors (Lipinski definition) is 2. The van der Waals surface area contributed by atoms with Gasteiger partial charge < -0.3 is 9.84 Å². The number of aromatic hydroxyl groups is 1. The fourth-order valence-electron chi connectivity index (χ4n) is 1.80. The minimum Gasteiger partial charge on any atom is -0.508 e. The van der Waals surface area contributed by atoms with Crippen molar-refractivity contribution in [1.29, 1.82) is 0 Å². The lowest BCUT2D eigenvalue weighted by Crippen LogP contribution is -2.17. The number of rotatable bonds is 2. The van der Waals surface area contributed by atoms with Crippen LogP contribution in [0.4, 0.5) is 13.2 Å². The maximum atomic E-state index is 12.1. The number of phenolic OH excluding ortho intramolecular Hbond substituents is 1. The Balaban J connectivity index is 2.37. The fourth-order valence-corrected chi connectivity index (χ4v) is 1.80. The van der Waals surface area contributed by atoms with Crippen LogP contribution in [-0.4, -0.2) is 11.5 Å². The van der Waals surface area contributed by atoms with Crippen LogP contribution in [0.3, 0.4) is 0 Å². The van der Waals surface area contributed by atoms with Crippen molar-refractivity contribution in [1.82, 2.24) is 0 Å². The number of hydrogen-bond donors (Lipinski definition) is 1. The summed E-state index contributed by atoms with van der Waals surface area (Å²) in [5.74, 6) is -0.219. The van der Waals surface area contributed by atoms with Gasteiger partial charge in [0.05, 0.1) is 0 Å². The summed E-state index contributed by atoms with van der Waals surface area (Å²) in [6.07, 6.45) is -4.71. The summed E-state index contributed by atoms with van der Waals surface area (Å²) < 4.78 is 40.3. The number of halogens is 3. The van der Waals surface area contributed by atoms with Crippen molar-refractivity contribution in [2.75, 3.05) is 0 Å². The molecule has 2 rings (SSSR count). The lowest BCUT2D eigenvalue weighted by Gasteiger charge is -2.10. The molecule has 2 aromatic carbocycles. The monoisotopic (exact) mass is 268 g/mol. The molecule has 19 heavy (non-hydrogen) atoms. The van der Waals surface area contributed by atoms with Gasteiger partial charge in [-0.25, -0.2) is 0 Å². The number of benzene rings is 2. The Morgan fingerprint density at radius 3 is 2.37 bits per heavy atom. The van der Waals surface area contributed by atoms with Crippen LogP contribution >= 0.6 is 0 Å². The highest BCUT2D eigenvalue weighted by Crippen LogP contribution is 2.30. The molecule has 0 aromatic heterocycles. The van der Waals surface area contributed by atoms with Crippen LogP contribution in [0, 0.1) is 6.92 Å². The quantitative estimate of drug-likeness (QED) is 0.881. The Labute approximate surface area is 108 Å². The van der Waals surface area contributed by atoms with Gasteiger partial charge in [-0.1, -0.05) is 18.2 Å². The van der Waals surface area contributed by atoms with Crippen molar-refractivity contribution in [3.05, 3.63) is 48.0 Å². The highest BCUT2D eigenvalue weighted by molar-refractivity contribution is 5.67. The average molecular weight is 268 g/mol. The lowest BCUT2D eigenvalue weighted by molar-refractivity contribution is -0.274. The molecule has 0 bridgehead atoms. The van der Waals surface area contributed by atoms with Gasteiger partial charge in [-0.05, 0) is 47.9 Å². The first-order valence-corrected chi connectivity index (χ1v) is 5.50. The molecule has 0 saturated heterocycles. The summed E-state index contributed by atoms with van der Waals surface area (Å²) in [4.78, 5) is 0. The van der Waals surface area contributed by atoms with Gasteiger partial charge in [-0.3, -0.25) is 0 Å². The van der Waals surface area contributed by atoms with E-state index >= 15 is 0 Å². The number of ether oxygens (including phenoxy) is 1. The smallest absolute Gasteiger partial charge is 0.508 e. The molecule has 0 radical (unpaired) electrons. The van der Waals surface area contributed by atoms with Crippen LogP contribution in [0.2, 0.25) is 0 Å². The van der Waals surface area contributed by atoms with E-state index in [-0.39, 0.29) is 11.5 Å². The van der Waals surface area contributed by atoms with Crippen LogP contribution in [0.1, 0.15) is 5.56 Å². The molecule has 0 aliphatic rings. The first-order chi connectivity index (χ1) is 8.83. The molecule has 2 aromatic rings. The molecule has 0 spiro atoms. The summed E-state index contributed by atoms with van der Waals surface area (Å²) >= 11 is 0. The van der Waals surface area contributed by atoms with E-state index in [1.165, 1.54) is 24.3 Å². The summed E-state index contributed by atoms with van der Waals surface area (Å²) in [5, 5.41) is 9.50. The Morgan fingerprint density at radius 2 is 1.74 bits per heavy atom. The van der Waals surface area contributed by atoms with Gasteiger partial charge >= 0.3 is 6.36 Å². The van der Waals surface area contributed by atoms with Crippen molar-refractivity contribution in [2.45, 2.75) is 13.3 Å². The van der Waals surface area contributed by atoms with Crippen LogP contribution in [-0.2, 0) is 0 Å². The van der Waals surface area contributed by atoms with E-state index in [1.807, 2.05) is 0 Å². The van der Waals surface area contributed by atoms with Crippen molar-refractivity contribution >= 4 is 0 Å². The molecule has 0 aliphatic heterocycles. The van der Waals surface area contributed by atoms with Crippen LogP contribution in [0.15, 0.2) is 42.5 Å². The second-order valence-electron chi connectivity index (χ2n) is 4.13. The third-order valence-electron chi connectivity index (χ3n) is 2.46. The first-order valence-electron chi connectivity index (χ1n) is 5.50. The number of phenols is 1. The lowest BCUT2D eigenvalue weighted by atomic mass is 10.0. The molecule has 100 valence electrons. The van der Waals surface area contributed by atoms with Gasteiger partial charge in [0.25, 0.3) is 0 Å². The van der Waals surface area contributed by atoms with Gasteiger partial charge in [-0.2, -0.15) is 0 Å². The summed E-state index contributed by atoms with van der Waals surface area (Å²) in [6, 6.07) is 10.5. The highest BCUT2D eigenvalue weighted by atomic mass is 19.4. The molecule has 0 amide bonds. The van der Waals surface area contributed by atoms with Gasteiger partial charge in [0, 0.05) is 0 Å². The molecular weight excluding hydrogens is 257 g/mol. The predicted molar refractivity (Wildman–Crippen MR) is 65.0 cm³/mol. The zero-order valence-corrected chi connectivity index (χ0v) is 10.0. The SMILES string of the molecule is Cc1cc(O)cc(-c2cccc(OC(F)(F)F)c2)c1. The molecule has 0 heterocycles. The van der Waals surface area contributed by atoms with Crippen LogP contribution < -0.4 is 4.74 Å². The van der Waals surface area contributed by atoms with Crippen molar-refractivity contribution in [2.24, 2.45) is 0 Å². The molecule has 0 unspecified atom stereocenters. The van der Waals surface area contributed by atoms with Gasteiger partial charge in [-0.15, -0.1) is 13.2 Å². The van der Waals surface area contributed by atoms with Crippen molar-refractivity contribution in [3.63, 3.8) is 0 Å². The van der Waals surface area contributed by atoms with Crippen LogP contribution in [0.5, 0.6) is 11.5 Å². The third kappa shape index (κ3) is 3.64. The van der Waals surface area contributed by atoms with E-state index < -0.39 is 6.36 Å². The van der Waals surface area contributed by atoms with E-state index in [9.17, 15) is 18.3 Å². The zero-order chi connectivity index (χ0) is 14.0. The van der Waals surface area contributed by atoms with Gasteiger partial charge in [0.2, 0.25) is 0 Å². The maximum Gasteiger partial charge on any atom is 0.573 e. The Kier molecular flexibility index (Phi) is 3.38. The first kappa shape index (κ1) is 13.3. The molecule has 0 aliphatic carbocycles. The Morgan fingerprint density at radius 1 is 1.00 bits per heavy atom. The van der Waals surface area contributed by atoms with Gasteiger partial charge in [0.15, 0.2) is 0 Å². The molecule has 0 fully saturated rings. The topological polar surface area (TPSA) is 29.5 Å². The Hall–Kier alpha value is -2.17. The van der Waals surface area contributed by atoms with Crippen LogP contribution in [0.25, 0.3) is 11.1 Å². The Bertz CT molecular complexity index is 571. The predicted octanol–water partition coefficient (Wildman–Crippen LogP) is 4.27. The third-order valence-corrected chi connectivity index (χ3v) is 2.46. The maximum absolute atomic E-state index is 12.1. The van der Waals surface area contributed by atoms with E-state index in [0.29, 0.717) is 11.1 Å². The molecule has 0 saturated carbocycles. The minimum absolute atomic E-state index is 0.0668. The van der Waals surface area contributed by atoms with Gasteiger partial charge in [0.1, 0.15) is 11.5 Å². The molecule has 2 nitrogen and oxygen atoms in total. The van der Waals surface area contributed by atoms with E-state index in [0.717, 1.165) is 5.56 Å². The van der Waals surface area contributed by atoms with E-state index in [2.05, 4.69) is 4.74 Å². The fraction of sp³-hybridized carbons (Fsp3) is 0.143. The largest absolute Gasteiger partial charge is 0.573 e. The second kappa shape index (κ2) is 4.84. The average Bonchev–Trinajstić information content (AvgIpc) is 2.25. The molecule has 1 N–H and O–H groups in total. The molecule has 5 heteroatoms. The van der Waals surface area contributed by atoms with E-state index in [1.54, 1.807) is 25.1 Å². The number of aryl methyl sites for hydroxylation is 1. The molecular formula is C14H11F3O2. The normalized spacial score (nSPS) is 11.4. The summed E-state index contributed by atoms with van der Waals surface area (Å²) in [7, 11) is 0.